The van der Waals surface area contributed by atoms with Gasteiger partial charge in [-0.15, -0.1) is 0 Å². The summed E-state index contributed by atoms with van der Waals surface area (Å²) in [6.45, 7) is 0.807. The molecule has 1 aliphatic heterocycles. The molecule has 4 nitrogen and oxygen atoms in total. The quantitative estimate of drug-likeness (QED) is 0.651. The Kier molecular flexibility index (Phi) is 3.01. The second-order valence-electron chi connectivity index (χ2n) is 4.62. The van der Waals surface area contributed by atoms with E-state index in [1.165, 1.54) is 0 Å². The van der Waals surface area contributed by atoms with Gasteiger partial charge in [0, 0.05) is 6.42 Å². The summed E-state index contributed by atoms with van der Waals surface area (Å²) in [7, 11) is 0. The van der Waals surface area contributed by atoms with E-state index in [0.29, 0.717) is 23.2 Å². The molecule has 0 saturated carbocycles. The number of para-hydroxylation sites is 1. The number of rotatable bonds is 4. The smallest absolute Gasteiger partial charge is 0.152 e. The van der Waals surface area contributed by atoms with Crippen molar-refractivity contribution in [3.8, 4) is 11.5 Å². The SMILES string of the molecule is Nc1c(CC2CO2)ccc(Oc2ccccc2)c1N. The summed E-state index contributed by atoms with van der Waals surface area (Å²) < 4.78 is 10.9. The molecule has 4 N–H and O–H groups in total. The first-order chi connectivity index (χ1) is 9.24. The molecule has 1 fully saturated rings. The minimum absolute atomic E-state index is 0.294. The fourth-order valence-electron chi connectivity index (χ4n) is 1.98. The molecule has 98 valence electrons. The van der Waals surface area contributed by atoms with E-state index in [-0.39, 0.29) is 0 Å². The third kappa shape index (κ3) is 2.63. The minimum atomic E-state index is 0.294. The van der Waals surface area contributed by atoms with Gasteiger partial charge in [0.25, 0.3) is 0 Å². The van der Waals surface area contributed by atoms with Gasteiger partial charge in [-0.1, -0.05) is 24.3 Å². The lowest BCUT2D eigenvalue weighted by Gasteiger charge is -2.13. The van der Waals surface area contributed by atoms with Crippen molar-refractivity contribution in [3.63, 3.8) is 0 Å². The zero-order valence-corrected chi connectivity index (χ0v) is 10.5. The van der Waals surface area contributed by atoms with Crippen molar-refractivity contribution in [2.24, 2.45) is 0 Å². The normalized spacial score (nSPS) is 17.2. The molecule has 1 saturated heterocycles. The summed E-state index contributed by atoms with van der Waals surface area (Å²) in [4.78, 5) is 0. The number of benzene rings is 2. The summed E-state index contributed by atoms with van der Waals surface area (Å²) in [6, 6.07) is 13.3. The highest BCUT2D eigenvalue weighted by atomic mass is 16.6. The van der Waals surface area contributed by atoms with E-state index in [1.807, 2.05) is 42.5 Å². The molecule has 19 heavy (non-hydrogen) atoms. The molecule has 1 atom stereocenters. The Morgan fingerprint density at radius 3 is 2.47 bits per heavy atom. The first-order valence-corrected chi connectivity index (χ1v) is 6.25. The lowest BCUT2D eigenvalue weighted by Crippen LogP contribution is -2.04. The maximum absolute atomic E-state index is 6.05. The van der Waals surface area contributed by atoms with Crippen molar-refractivity contribution in [1.82, 2.24) is 0 Å². The zero-order chi connectivity index (χ0) is 13.2. The van der Waals surface area contributed by atoms with Gasteiger partial charge in [0.05, 0.1) is 24.1 Å². The summed E-state index contributed by atoms with van der Waals surface area (Å²) in [6.07, 6.45) is 1.10. The van der Waals surface area contributed by atoms with E-state index < -0.39 is 0 Å². The summed E-state index contributed by atoms with van der Waals surface area (Å²) in [5.41, 5.74) is 14.2. The molecular formula is C15H16N2O2. The molecule has 3 rings (SSSR count). The van der Waals surface area contributed by atoms with E-state index >= 15 is 0 Å². The lowest BCUT2D eigenvalue weighted by atomic mass is 10.1. The van der Waals surface area contributed by atoms with Crippen LogP contribution in [-0.2, 0) is 11.2 Å². The fraction of sp³-hybridized carbons (Fsp3) is 0.200. The van der Waals surface area contributed by atoms with Crippen LogP contribution in [0.5, 0.6) is 11.5 Å². The van der Waals surface area contributed by atoms with E-state index in [4.69, 9.17) is 20.9 Å². The van der Waals surface area contributed by atoms with Crippen LogP contribution in [0.25, 0.3) is 0 Å². The van der Waals surface area contributed by atoms with Crippen molar-refractivity contribution < 1.29 is 9.47 Å². The highest BCUT2D eigenvalue weighted by Crippen LogP contribution is 2.35. The molecule has 0 radical (unpaired) electrons. The number of hydrogen-bond donors (Lipinski definition) is 2. The first kappa shape index (κ1) is 11.9. The summed E-state index contributed by atoms with van der Waals surface area (Å²) in [5.74, 6) is 1.33. The number of hydrogen-bond acceptors (Lipinski definition) is 4. The van der Waals surface area contributed by atoms with E-state index in [2.05, 4.69) is 0 Å². The van der Waals surface area contributed by atoms with Crippen LogP contribution in [0.4, 0.5) is 11.4 Å². The Labute approximate surface area is 111 Å². The third-order valence-corrected chi connectivity index (χ3v) is 3.16. The lowest BCUT2D eigenvalue weighted by molar-refractivity contribution is 0.407. The monoisotopic (exact) mass is 256 g/mol. The molecule has 2 aromatic carbocycles. The second-order valence-corrected chi connectivity index (χ2v) is 4.62. The topological polar surface area (TPSA) is 73.8 Å². The number of ether oxygens (including phenoxy) is 2. The van der Waals surface area contributed by atoms with E-state index in [9.17, 15) is 0 Å². The van der Waals surface area contributed by atoms with Crippen LogP contribution in [0, 0.1) is 0 Å². The Balaban J connectivity index is 1.84. The van der Waals surface area contributed by atoms with E-state index in [0.717, 1.165) is 24.3 Å². The molecule has 2 aromatic rings. The van der Waals surface area contributed by atoms with Crippen molar-refractivity contribution in [2.75, 3.05) is 18.1 Å². The standard InChI is InChI=1S/C15H16N2O2/c16-14-10(8-12-9-18-12)6-7-13(15(14)17)19-11-4-2-1-3-5-11/h1-7,12H,8-9,16-17H2. The molecule has 0 aromatic heterocycles. The largest absolute Gasteiger partial charge is 0.455 e. The Hall–Kier alpha value is -2.20. The van der Waals surface area contributed by atoms with Crippen LogP contribution in [-0.4, -0.2) is 12.7 Å². The van der Waals surface area contributed by atoms with Crippen LogP contribution in [0.15, 0.2) is 42.5 Å². The van der Waals surface area contributed by atoms with Crippen LogP contribution in [0.3, 0.4) is 0 Å². The highest BCUT2D eigenvalue weighted by molar-refractivity contribution is 5.74. The second kappa shape index (κ2) is 4.82. The number of nitrogen functional groups attached to an aromatic ring is 2. The van der Waals surface area contributed by atoms with Crippen molar-refractivity contribution in [1.29, 1.82) is 0 Å². The van der Waals surface area contributed by atoms with Crippen molar-refractivity contribution in [3.05, 3.63) is 48.0 Å². The molecular weight excluding hydrogens is 240 g/mol. The maximum Gasteiger partial charge on any atom is 0.152 e. The molecule has 1 unspecified atom stereocenters. The average Bonchev–Trinajstić information content (AvgIpc) is 3.24. The molecule has 0 aliphatic carbocycles. The van der Waals surface area contributed by atoms with Crippen LogP contribution in [0.1, 0.15) is 5.56 Å². The summed E-state index contributed by atoms with van der Waals surface area (Å²) >= 11 is 0. The predicted molar refractivity (Wildman–Crippen MR) is 75.2 cm³/mol. The number of nitrogens with two attached hydrogens (primary N) is 2. The molecule has 0 bridgehead atoms. The molecule has 4 heteroatoms. The predicted octanol–water partition coefficient (Wildman–Crippen LogP) is 2.58. The molecule has 1 aliphatic rings. The van der Waals surface area contributed by atoms with Crippen LogP contribution >= 0.6 is 0 Å². The van der Waals surface area contributed by atoms with Gasteiger partial charge in [0.1, 0.15) is 5.75 Å². The number of anilines is 2. The molecule has 0 spiro atoms. The van der Waals surface area contributed by atoms with Gasteiger partial charge in [0.2, 0.25) is 0 Å². The van der Waals surface area contributed by atoms with E-state index in [1.54, 1.807) is 0 Å². The van der Waals surface area contributed by atoms with Gasteiger partial charge in [-0.05, 0) is 23.8 Å². The van der Waals surface area contributed by atoms with Gasteiger partial charge >= 0.3 is 0 Å². The van der Waals surface area contributed by atoms with Crippen molar-refractivity contribution >= 4 is 11.4 Å². The first-order valence-electron chi connectivity index (χ1n) is 6.25. The third-order valence-electron chi connectivity index (χ3n) is 3.16. The minimum Gasteiger partial charge on any atom is -0.455 e. The maximum atomic E-state index is 6.05. The van der Waals surface area contributed by atoms with Gasteiger partial charge < -0.3 is 20.9 Å². The van der Waals surface area contributed by atoms with Gasteiger partial charge in [-0.25, -0.2) is 0 Å². The summed E-state index contributed by atoms with van der Waals surface area (Å²) in [5, 5.41) is 0. The average molecular weight is 256 g/mol. The van der Waals surface area contributed by atoms with Crippen LogP contribution in [0.2, 0.25) is 0 Å². The molecule has 1 heterocycles. The van der Waals surface area contributed by atoms with Gasteiger partial charge in [0.15, 0.2) is 5.75 Å². The Morgan fingerprint density at radius 2 is 1.79 bits per heavy atom. The van der Waals surface area contributed by atoms with Crippen molar-refractivity contribution in [2.45, 2.75) is 12.5 Å². The van der Waals surface area contributed by atoms with Gasteiger partial charge in [-0.2, -0.15) is 0 Å². The molecule has 0 amide bonds. The van der Waals surface area contributed by atoms with Crippen LogP contribution < -0.4 is 16.2 Å². The fourth-order valence-corrected chi connectivity index (χ4v) is 1.98. The number of epoxide rings is 1. The zero-order valence-electron chi connectivity index (χ0n) is 10.5. The Bertz CT molecular complexity index is 580. The Morgan fingerprint density at radius 1 is 1.05 bits per heavy atom. The highest BCUT2D eigenvalue weighted by Gasteiger charge is 2.24. The van der Waals surface area contributed by atoms with Gasteiger partial charge in [-0.3, -0.25) is 0 Å².